The van der Waals surface area contributed by atoms with Crippen molar-refractivity contribution in [2.24, 2.45) is 0 Å². The summed E-state index contributed by atoms with van der Waals surface area (Å²) in [6, 6.07) is 15.4. The smallest absolute Gasteiger partial charge is 0.243 e. The van der Waals surface area contributed by atoms with Crippen molar-refractivity contribution in [3.63, 3.8) is 0 Å². The van der Waals surface area contributed by atoms with Gasteiger partial charge in [0.1, 0.15) is 6.04 Å². The lowest BCUT2D eigenvalue weighted by molar-refractivity contribution is -0.141. The molecule has 0 saturated heterocycles. The largest absolute Gasteiger partial charge is 0.352 e. The predicted octanol–water partition coefficient (Wildman–Crippen LogP) is 4.22. The van der Waals surface area contributed by atoms with Crippen molar-refractivity contribution in [2.45, 2.75) is 58.7 Å². The first-order valence-electron chi connectivity index (χ1n) is 11.4. The van der Waals surface area contributed by atoms with Crippen LogP contribution < -0.4 is 9.62 Å². The Labute approximate surface area is 208 Å². The van der Waals surface area contributed by atoms with Crippen molar-refractivity contribution in [3.05, 3.63) is 65.2 Å². The molecule has 34 heavy (non-hydrogen) atoms. The fraction of sp³-hybridized carbons (Fsp3) is 0.440. The van der Waals surface area contributed by atoms with Crippen molar-refractivity contribution < 1.29 is 18.0 Å². The minimum Gasteiger partial charge on any atom is -0.352 e. The SMILES string of the molecule is CCC(C(=O)NC(C)C)N(Cc1ccccc1)C(=O)CCCN(c1cccc(Cl)c1)S(C)(=O)=O. The molecular formula is C25H34ClN3O4S. The number of carbonyl (C=O) groups excluding carboxylic acids is 2. The molecule has 0 spiro atoms. The topological polar surface area (TPSA) is 86.8 Å². The van der Waals surface area contributed by atoms with Crippen LogP contribution in [0.1, 0.15) is 45.6 Å². The minimum absolute atomic E-state index is 0.0451. The van der Waals surface area contributed by atoms with Gasteiger partial charge in [-0.05, 0) is 50.5 Å². The Morgan fingerprint density at radius 3 is 2.29 bits per heavy atom. The zero-order chi connectivity index (χ0) is 25.3. The number of benzene rings is 2. The van der Waals surface area contributed by atoms with E-state index in [-0.39, 0.29) is 30.8 Å². The second kappa shape index (κ2) is 12.8. The van der Waals surface area contributed by atoms with Crippen LogP contribution in [0, 0.1) is 0 Å². The summed E-state index contributed by atoms with van der Waals surface area (Å²) in [5.41, 5.74) is 1.37. The van der Waals surface area contributed by atoms with E-state index in [0.29, 0.717) is 30.1 Å². The van der Waals surface area contributed by atoms with Crippen molar-refractivity contribution >= 4 is 39.1 Å². The van der Waals surface area contributed by atoms with Crippen LogP contribution in [0.2, 0.25) is 5.02 Å². The van der Waals surface area contributed by atoms with Gasteiger partial charge < -0.3 is 10.2 Å². The first-order valence-corrected chi connectivity index (χ1v) is 13.6. The molecule has 1 unspecified atom stereocenters. The van der Waals surface area contributed by atoms with Gasteiger partial charge in [-0.2, -0.15) is 0 Å². The summed E-state index contributed by atoms with van der Waals surface area (Å²) < 4.78 is 26.0. The molecule has 2 aromatic rings. The molecule has 186 valence electrons. The number of anilines is 1. The number of rotatable bonds is 12. The van der Waals surface area contributed by atoms with Crippen molar-refractivity contribution in [3.8, 4) is 0 Å². The maximum Gasteiger partial charge on any atom is 0.243 e. The maximum atomic E-state index is 13.3. The average molecular weight is 508 g/mol. The third-order valence-corrected chi connectivity index (χ3v) is 6.69. The molecule has 2 rings (SSSR count). The molecule has 1 atom stereocenters. The van der Waals surface area contributed by atoms with Crippen LogP contribution in [-0.4, -0.2) is 50.0 Å². The second-order valence-corrected chi connectivity index (χ2v) is 10.9. The average Bonchev–Trinajstić information content (AvgIpc) is 2.75. The highest BCUT2D eigenvalue weighted by Crippen LogP contribution is 2.23. The molecule has 0 saturated carbocycles. The van der Waals surface area contributed by atoms with Gasteiger partial charge in [0.15, 0.2) is 0 Å². The summed E-state index contributed by atoms with van der Waals surface area (Å²) in [5.74, 6) is -0.396. The van der Waals surface area contributed by atoms with Crippen LogP contribution in [0.5, 0.6) is 0 Å². The zero-order valence-electron chi connectivity index (χ0n) is 20.2. The maximum absolute atomic E-state index is 13.3. The monoisotopic (exact) mass is 507 g/mol. The molecule has 7 nitrogen and oxygen atoms in total. The Morgan fingerprint density at radius 1 is 1.06 bits per heavy atom. The molecule has 0 fully saturated rings. The molecule has 0 aromatic heterocycles. The van der Waals surface area contributed by atoms with E-state index in [9.17, 15) is 18.0 Å². The second-order valence-electron chi connectivity index (χ2n) is 8.51. The van der Waals surface area contributed by atoms with Gasteiger partial charge in [-0.1, -0.05) is 54.9 Å². The lowest BCUT2D eigenvalue weighted by Gasteiger charge is -2.31. The molecule has 9 heteroatoms. The van der Waals surface area contributed by atoms with Crippen LogP contribution in [0.25, 0.3) is 0 Å². The van der Waals surface area contributed by atoms with E-state index in [2.05, 4.69) is 5.32 Å². The van der Waals surface area contributed by atoms with Gasteiger partial charge in [0.2, 0.25) is 21.8 Å². The Hall–Kier alpha value is -2.58. The molecule has 0 aliphatic heterocycles. The third kappa shape index (κ3) is 8.33. The first-order chi connectivity index (χ1) is 16.0. The van der Waals surface area contributed by atoms with Gasteiger partial charge in [0.05, 0.1) is 11.9 Å². The van der Waals surface area contributed by atoms with E-state index < -0.39 is 16.1 Å². The van der Waals surface area contributed by atoms with Crippen LogP contribution in [-0.2, 0) is 26.2 Å². The number of sulfonamides is 1. The van der Waals surface area contributed by atoms with Gasteiger partial charge in [-0.15, -0.1) is 0 Å². The summed E-state index contributed by atoms with van der Waals surface area (Å²) in [7, 11) is -3.56. The molecule has 0 aliphatic carbocycles. The minimum atomic E-state index is -3.56. The molecule has 0 radical (unpaired) electrons. The van der Waals surface area contributed by atoms with Gasteiger partial charge in [-0.3, -0.25) is 13.9 Å². The summed E-state index contributed by atoms with van der Waals surface area (Å²) in [6.45, 7) is 6.06. The number of carbonyl (C=O) groups is 2. The quantitative estimate of drug-likeness (QED) is 0.466. The van der Waals surface area contributed by atoms with E-state index in [1.165, 1.54) is 4.31 Å². The highest BCUT2D eigenvalue weighted by atomic mass is 35.5. The molecule has 0 bridgehead atoms. The Balaban J connectivity index is 2.19. The van der Waals surface area contributed by atoms with Crippen LogP contribution >= 0.6 is 11.6 Å². The normalized spacial score (nSPS) is 12.3. The van der Waals surface area contributed by atoms with Gasteiger partial charge in [0.25, 0.3) is 0 Å². The lowest BCUT2D eigenvalue weighted by atomic mass is 10.1. The van der Waals surface area contributed by atoms with Crippen LogP contribution in [0.3, 0.4) is 0 Å². The number of hydrogen-bond acceptors (Lipinski definition) is 4. The Kier molecular flexibility index (Phi) is 10.4. The molecule has 2 aromatic carbocycles. The van der Waals surface area contributed by atoms with E-state index in [1.807, 2.05) is 51.1 Å². The van der Waals surface area contributed by atoms with Crippen LogP contribution in [0.4, 0.5) is 5.69 Å². The van der Waals surface area contributed by atoms with E-state index in [0.717, 1.165) is 11.8 Å². The molecule has 1 N–H and O–H groups in total. The molecule has 0 aliphatic rings. The van der Waals surface area contributed by atoms with Crippen LogP contribution in [0.15, 0.2) is 54.6 Å². The van der Waals surface area contributed by atoms with Crippen molar-refractivity contribution in [1.29, 1.82) is 0 Å². The number of nitrogens with one attached hydrogen (secondary N) is 1. The predicted molar refractivity (Wildman–Crippen MR) is 137 cm³/mol. The zero-order valence-corrected chi connectivity index (χ0v) is 21.8. The molecule has 0 heterocycles. The van der Waals surface area contributed by atoms with Gasteiger partial charge in [0, 0.05) is 30.6 Å². The number of halogens is 1. The first kappa shape index (κ1) is 27.7. The number of nitrogens with zero attached hydrogens (tertiary/aromatic N) is 2. The lowest BCUT2D eigenvalue weighted by Crippen LogP contribution is -2.50. The summed E-state index contributed by atoms with van der Waals surface area (Å²) in [5, 5.41) is 3.33. The number of hydrogen-bond donors (Lipinski definition) is 1. The van der Waals surface area contributed by atoms with E-state index in [4.69, 9.17) is 11.6 Å². The van der Waals surface area contributed by atoms with Gasteiger partial charge >= 0.3 is 0 Å². The van der Waals surface area contributed by atoms with E-state index >= 15 is 0 Å². The van der Waals surface area contributed by atoms with Gasteiger partial charge in [-0.25, -0.2) is 8.42 Å². The standard InChI is InChI=1S/C25H34ClN3O4S/c1-5-23(25(31)27-19(2)3)28(18-20-11-7-6-8-12-20)24(30)15-10-16-29(34(4,32)33)22-14-9-13-21(26)17-22/h6-9,11-14,17,19,23H,5,10,15-16,18H2,1-4H3,(H,27,31). The summed E-state index contributed by atoms with van der Waals surface area (Å²) in [6.07, 6.45) is 1.99. The Bertz CT molecular complexity index is 1060. The third-order valence-electron chi connectivity index (χ3n) is 5.26. The fourth-order valence-electron chi connectivity index (χ4n) is 3.72. The summed E-state index contributed by atoms with van der Waals surface area (Å²) >= 11 is 6.04. The van der Waals surface area contributed by atoms with Crippen molar-refractivity contribution in [2.75, 3.05) is 17.1 Å². The van der Waals surface area contributed by atoms with E-state index in [1.54, 1.807) is 29.2 Å². The number of amides is 2. The van der Waals surface area contributed by atoms with Crippen molar-refractivity contribution in [1.82, 2.24) is 10.2 Å². The highest BCUT2D eigenvalue weighted by Gasteiger charge is 2.29. The molecule has 2 amide bonds. The summed E-state index contributed by atoms with van der Waals surface area (Å²) in [4.78, 5) is 27.8. The highest BCUT2D eigenvalue weighted by molar-refractivity contribution is 7.92. The Morgan fingerprint density at radius 2 is 1.74 bits per heavy atom. The molecular weight excluding hydrogens is 474 g/mol. The fourth-order valence-corrected chi connectivity index (χ4v) is 4.86.